The molecule has 4 nitrogen and oxygen atoms in total. The zero-order valence-electron chi connectivity index (χ0n) is 19.0. The highest BCUT2D eigenvalue weighted by Crippen LogP contribution is 2.44. The third-order valence-corrected chi connectivity index (χ3v) is 6.41. The minimum absolute atomic E-state index is 0.0333. The molecule has 0 aliphatic carbocycles. The van der Waals surface area contributed by atoms with Gasteiger partial charge < -0.3 is 14.4 Å². The highest BCUT2D eigenvalue weighted by Gasteiger charge is 2.43. The van der Waals surface area contributed by atoms with Crippen LogP contribution in [0.3, 0.4) is 0 Å². The van der Waals surface area contributed by atoms with E-state index >= 15 is 0 Å². The molecule has 0 amide bonds. The van der Waals surface area contributed by atoms with E-state index in [0.717, 1.165) is 25.9 Å². The second kappa shape index (κ2) is 8.91. The highest BCUT2D eigenvalue weighted by atomic mass is 19.1. The molecule has 0 bridgehead atoms. The number of fused-ring (bicyclic) bond motifs is 2. The first-order valence-corrected chi connectivity index (χ1v) is 11.3. The first-order chi connectivity index (χ1) is 15.2. The summed E-state index contributed by atoms with van der Waals surface area (Å²) in [6.45, 7) is 7.89. The number of carbonyl (C=O) groups is 1. The molecule has 4 rings (SSSR count). The summed E-state index contributed by atoms with van der Waals surface area (Å²) >= 11 is 0. The lowest BCUT2D eigenvalue weighted by Crippen LogP contribution is -2.46. The summed E-state index contributed by atoms with van der Waals surface area (Å²) in [5, 5.41) is 0. The smallest absolute Gasteiger partial charge is 0.311 e. The van der Waals surface area contributed by atoms with E-state index in [4.69, 9.17) is 9.47 Å². The van der Waals surface area contributed by atoms with Crippen LogP contribution in [-0.4, -0.2) is 36.1 Å². The van der Waals surface area contributed by atoms with E-state index in [9.17, 15) is 13.6 Å². The Labute approximate surface area is 188 Å². The maximum Gasteiger partial charge on any atom is 0.311 e. The molecule has 172 valence electrons. The van der Waals surface area contributed by atoms with Crippen molar-refractivity contribution >= 4 is 5.97 Å². The lowest BCUT2D eigenvalue weighted by molar-refractivity contribution is -0.161. The fourth-order valence-corrected chi connectivity index (χ4v) is 4.79. The van der Waals surface area contributed by atoms with Gasteiger partial charge in [0.25, 0.3) is 0 Å². The van der Waals surface area contributed by atoms with E-state index in [1.54, 1.807) is 20.8 Å². The molecule has 32 heavy (non-hydrogen) atoms. The Hall–Kier alpha value is -2.31. The van der Waals surface area contributed by atoms with Gasteiger partial charge >= 0.3 is 5.97 Å². The molecule has 2 aliphatic rings. The van der Waals surface area contributed by atoms with Crippen LogP contribution in [-0.2, 0) is 32.9 Å². The van der Waals surface area contributed by atoms with E-state index in [2.05, 4.69) is 17.0 Å². The van der Waals surface area contributed by atoms with Gasteiger partial charge in [-0.05, 0) is 63.3 Å². The fraction of sp³-hybridized carbons (Fsp3) is 0.500. The number of carbonyl (C=O) groups excluding carboxylic acids is 1. The van der Waals surface area contributed by atoms with E-state index in [1.165, 1.54) is 29.3 Å². The molecule has 0 saturated carbocycles. The van der Waals surface area contributed by atoms with Crippen molar-refractivity contribution in [2.75, 3.05) is 19.6 Å². The highest BCUT2D eigenvalue weighted by molar-refractivity contribution is 5.73. The van der Waals surface area contributed by atoms with Crippen molar-refractivity contribution in [3.05, 3.63) is 70.8 Å². The van der Waals surface area contributed by atoms with Crippen LogP contribution < -0.4 is 0 Å². The molecule has 1 unspecified atom stereocenters. The van der Waals surface area contributed by atoms with Crippen LogP contribution >= 0.6 is 0 Å². The Balaban J connectivity index is 1.48. The van der Waals surface area contributed by atoms with Crippen molar-refractivity contribution in [3.8, 4) is 0 Å². The molecule has 2 heterocycles. The molecule has 2 aromatic carbocycles. The van der Waals surface area contributed by atoms with Crippen LogP contribution in [0.1, 0.15) is 50.3 Å². The van der Waals surface area contributed by atoms with Crippen molar-refractivity contribution in [2.45, 2.75) is 57.8 Å². The monoisotopic (exact) mass is 443 g/mol. The summed E-state index contributed by atoms with van der Waals surface area (Å²) in [6, 6.07) is 12.1. The summed E-state index contributed by atoms with van der Waals surface area (Å²) in [5.74, 6) is -2.35. The third-order valence-electron chi connectivity index (χ3n) is 6.41. The number of esters is 1. The molecule has 0 N–H and O–H groups in total. The molecule has 1 spiro atoms. The first-order valence-electron chi connectivity index (χ1n) is 11.3. The Morgan fingerprint density at radius 1 is 1.09 bits per heavy atom. The Morgan fingerprint density at radius 3 is 2.41 bits per heavy atom. The van der Waals surface area contributed by atoms with Gasteiger partial charge in [0, 0.05) is 25.2 Å². The molecule has 2 aromatic rings. The molecule has 0 aromatic heterocycles. The lowest BCUT2D eigenvalue weighted by atomic mass is 9.83. The van der Waals surface area contributed by atoms with E-state index in [-0.39, 0.29) is 17.6 Å². The van der Waals surface area contributed by atoms with Crippen LogP contribution in [0.5, 0.6) is 0 Å². The Bertz CT molecular complexity index is 957. The predicted octanol–water partition coefficient (Wildman–Crippen LogP) is 4.99. The van der Waals surface area contributed by atoms with Gasteiger partial charge in [0.05, 0.1) is 18.1 Å². The molecule has 1 fully saturated rings. The van der Waals surface area contributed by atoms with Crippen molar-refractivity contribution in [2.24, 2.45) is 5.92 Å². The number of likely N-dealkylation sites (tertiary alicyclic amines) is 1. The molecular weight excluding hydrogens is 412 g/mol. The van der Waals surface area contributed by atoms with Crippen molar-refractivity contribution in [3.63, 3.8) is 0 Å². The molecule has 2 aliphatic heterocycles. The summed E-state index contributed by atoms with van der Waals surface area (Å²) in [7, 11) is 0. The molecular formula is C26H31F2NO3. The minimum Gasteiger partial charge on any atom is -0.460 e. The van der Waals surface area contributed by atoms with Crippen molar-refractivity contribution in [1.82, 2.24) is 4.90 Å². The average molecular weight is 444 g/mol. The van der Waals surface area contributed by atoms with Crippen LogP contribution in [0, 0.1) is 17.6 Å². The average Bonchev–Trinajstić information content (AvgIpc) is 3.09. The summed E-state index contributed by atoms with van der Waals surface area (Å²) in [4.78, 5) is 15.1. The number of ether oxygens (including phenoxy) is 2. The summed E-state index contributed by atoms with van der Waals surface area (Å²) in [5.41, 5.74) is 1.49. The molecule has 1 atom stereocenters. The lowest BCUT2D eigenvalue weighted by Gasteiger charge is -2.40. The van der Waals surface area contributed by atoms with Gasteiger partial charge in [0.15, 0.2) is 0 Å². The van der Waals surface area contributed by atoms with Crippen molar-refractivity contribution < 1.29 is 23.0 Å². The second-order valence-electron chi connectivity index (χ2n) is 9.88. The maximum atomic E-state index is 14.3. The zero-order chi connectivity index (χ0) is 22.9. The van der Waals surface area contributed by atoms with Crippen LogP contribution in [0.25, 0.3) is 0 Å². The standard InChI is InChI=1S/C26H31F2NO3/c1-25(2,3)32-24(30)19(15-20-22(27)9-6-10-23(20)28)16-29-13-11-26(12-14-29)21-8-5-4-7-18(21)17-31-26/h4-10,19H,11-17H2,1-3H3. The maximum absolute atomic E-state index is 14.3. The van der Waals surface area contributed by atoms with Crippen LogP contribution in [0.2, 0.25) is 0 Å². The SMILES string of the molecule is CC(C)(C)OC(=O)C(Cc1c(F)cccc1F)CN1CCC2(CC1)OCc1ccccc12. The van der Waals surface area contributed by atoms with Gasteiger partial charge in [-0.2, -0.15) is 0 Å². The Kier molecular flexibility index (Phi) is 6.37. The van der Waals surface area contributed by atoms with E-state index in [1.807, 2.05) is 12.1 Å². The van der Waals surface area contributed by atoms with Gasteiger partial charge in [-0.15, -0.1) is 0 Å². The number of halogens is 2. The van der Waals surface area contributed by atoms with Crippen molar-refractivity contribution in [1.29, 1.82) is 0 Å². The first kappa shape index (κ1) is 22.9. The molecule has 1 saturated heterocycles. The number of hydrogen-bond donors (Lipinski definition) is 0. The minimum atomic E-state index is -0.670. The van der Waals surface area contributed by atoms with Gasteiger partial charge in [0.2, 0.25) is 0 Å². The summed E-state index contributed by atoms with van der Waals surface area (Å²) < 4.78 is 40.4. The van der Waals surface area contributed by atoms with E-state index < -0.39 is 29.1 Å². The Morgan fingerprint density at radius 2 is 1.75 bits per heavy atom. The zero-order valence-corrected chi connectivity index (χ0v) is 19.0. The number of rotatable bonds is 5. The van der Waals surface area contributed by atoms with Gasteiger partial charge in [-0.1, -0.05) is 30.3 Å². The largest absolute Gasteiger partial charge is 0.460 e. The predicted molar refractivity (Wildman–Crippen MR) is 118 cm³/mol. The second-order valence-corrected chi connectivity index (χ2v) is 9.88. The topological polar surface area (TPSA) is 38.8 Å². The quantitative estimate of drug-likeness (QED) is 0.611. The van der Waals surface area contributed by atoms with Gasteiger partial charge in [0.1, 0.15) is 17.2 Å². The number of hydrogen-bond acceptors (Lipinski definition) is 4. The van der Waals surface area contributed by atoms with Gasteiger partial charge in [-0.25, -0.2) is 8.78 Å². The van der Waals surface area contributed by atoms with Crippen LogP contribution in [0.4, 0.5) is 8.78 Å². The van der Waals surface area contributed by atoms with Crippen LogP contribution in [0.15, 0.2) is 42.5 Å². The summed E-state index contributed by atoms with van der Waals surface area (Å²) in [6.07, 6.45) is 1.60. The number of nitrogens with zero attached hydrogens (tertiary/aromatic N) is 1. The number of benzene rings is 2. The normalized spacial score (nSPS) is 19.0. The third kappa shape index (κ3) is 4.86. The van der Waals surface area contributed by atoms with Gasteiger partial charge in [-0.3, -0.25) is 4.79 Å². The van der Waals surface area contributed by atoms with E-state index in [0.29, 0.717) is 13.2 Å². The number of piperidine rings is 1. The fourth-order valence-electron chi connectivity index (χ4n) is 4.79. The molecule has 0 radical (unpaired) electrons. The molecule has 6 heteroatoms.